The smallest absolute Gasteiger partial charge is 0.325 e. The fraction of sp³-hybridized carbons (Fsp3) is 0.619. The number of ether oxygens (including phenoxy) is 1. The molecule has 0 radical (unpaired) electrons. The van der Waals surface area contributed by atoms with Crippen LogP contribution >= 0.6 is 0 Å². The third kappa shape index (κ3) is 5.58. The zero-order valence-electron chi connectivity index (χ0n) is 17.2. The minimum Gasteiger partial charge on any atom is -0.468 e. The molecule has 4 heteroatoms. The summed E-state index contributed by atoms with van der Waals surface area (Å²) in [6.07, 6.45) is 0. The van der Waals surface area contributed by atoms with Gasteiger partial charge in [-0.25, -0.2) is 0 Å². The van der Waals surface area contributed by atoms with E-state index in [1.807, 2.05) is 26.0 Å². The Hall–Kier alpha value is -1.84. The van der Waals surface area contributed by atoms with Crippen molar-refractivity contribution in [3.8, 4) is 0 Å². The van der Waals surface area contributed by atoms with Gasteiger partial charge in [-0.15, -0.1) is 0 Å². The molecular formula is C21H33NO3. The largest absolute Gasteiger partial charge is 0.468 e. The molecule has 0 fully saturated rings. The summed E-state index contributed by atoms with van der Waals surface area (Å²) in [6, 6.07) is 5.98. The number of carbonyl (C=O) groups is 2. The molecule has 0 spiro atoms. The summed E-state index contributed by atoms with van der Waals surface area (Å²) in [6.45, 7) is 16.6. The predicted octanol–water partition coefficient (Wildman–Crippen LogP) is 4.31. The Morgan fingerprint density at radius 2 is 1.40 bits per heavy atom. The Balaban J connectivity index is 3.42. The van der Waals surface area contributed by atoms with Crippen LogP contribution in [0.25, 0.3) is 0 Å². The Labute approximate surface area is 152 Å². The third-order valence-electron chi connectivity index (χ3n) is 4.32. The second kappa shape index (κ2) is 7.59. The molecule has 0 saturated heterocycles. The zero-order valence-corrected chi connectivity index (χ0v) is 17.2. The highest BCUT2D eigenvalue weighted by molar-refractivity contribution is 5.96. The van der Waals surface area contributed by atoms with Gasteiger partial charge >= 0.3 is 5.97 Å². The molecule has 0 bridgehead atoms. The van der Waals surface area contributed by atoms with Crippen molar-refractivity contribution in [2.75, 3.05) is 13.7 Å². The number of nitrogens with zero attached hydrogens (tertiary/aromatic N) is 1. The van der Waals surface area contributed by atoms with Crippen molar-refractivity contribution in [2.24, 2.45) is 0 Å². The summed E-state index contributed by atoms with van der Waals surface area (Å²) in [5, 5.41) is 0. The van der Waals surface area contributed by atoms with Crippen molar-refractivity contribution >= 4 is 11.9 Å². The summed E-state index contributed by atoms with van der Waals surface area (Å²) in [5.41, 5.74) is 2.72. The molecule has 1 amide bonds. The fourth-order valence-electron chi connectivity index (χ4n) is 2.48. The van der Waals surface area contributed by atoms with Crippen LogP contribution in [0.5, 0.6) is 0 Å². The van der Waals surface area contributed by atoms with Gasteiger partial charge in [0.05, 0.1) is 7.11 Å². The number of methoxy groups -OCH3 is 1. The number of benzene rings is 1. The average Bonchev–Trinajstić information content (AvgIpc) is 2.49. The molecule has 4 nitrogen and oxygen atoms in total. The molecule has 1 rings (SSSR count). The molecule has 1 aromatic rings. The lowest BCUT2D eigenvalue weighted by atomic mass is 9.79. The van der Waals surface area contributed by atoms with Crippen molar-refractivity contribution in [3.05, 3.63) is 34.9 Å². The van der Waals surface area contributed by atoms with Crippen molar-refractivity contribution in [1.82, 2.24) is 4.90 Å². The zero-order chi connectivity index (χ0) is 19.6. The molecule has 0 aliphatic carbocycles. The van der Waals surface area contributed by atoms with Crippen LogP contribution in [0, 0.1) is 0 Å². The van der Waals surface area contributed by atoms with E-state index in [0.717, 1.165) is 11.1 Å². The van der Waals surface area contributed by atoms with Crippen LogP contribution in [0.15, 0.2) is 18.2 Å². The van der Waals surface area contributed by atoms with Crippen LogP contribution in [0.1, 0.15) is 76.9 Å². The quantitative estimate of drug-likeness (QED) is 0.763. The van der Waals surface area contributed by atoms with Crippen LogP contribution in [0.3, 0.4) is 0 Å². The number of rotatable bonds is 4. The minimum atomic E-state index is -0.412. The molecule has 25 heavy (non-hydrogen) atoms. The van der Waals surface area contributed by atoms with E-state index >= 15 is 0 Å². The highest BCUT2D eigenvalue weighted by atomic mass is 16.5. The Bertz CT molecular complexity index is 601. The molecule has 1 aromatic carbocycles. The van der Waals surface area contributed by atoms with E-state index in [9.17, 15) is 9.59 Å². The van der Waals surface area contributed by atoms with Gasteiger partial charge in [0.2, 0.25) is 0 Å². The van der Waals surface area contributed by atoms with Gasteiger partial charge in [0.1, 0.15) is 6.54 Å². The fourth-order valence-corrected chi connectivity index (χ4v) is 2.48. The molecule has 0 N–H and O–H groups in total. The minimum absolute atomic E-state index is 0.0441. The normalized spacial score (nSPS) is 12.2. The molecule has 0 atom stereocenters. The van der Waals surface area contributed by atoms with Gasteiger partial charge in [0.15, 0.2) is 0 Å². The van der Waals surface area contributed by atoms with Crippen molar-refractivity contribution in [1.29, 1.82) is 0 Å². The number of amides is 1. The number of carbonyl (C=O) groups excluding carboxylic acids is 2. The van der Waals surface area contributed by atoms with E-state index in [1.54, 1.807) is 4.90 Å². The first kappa shape index (κ1) is 21.2. The second-order valence-electron chi connectivity index (χ2n) is 8.90. The molecule has 0 heterocycles. The van der Waals surface area contributed by atoms with E-state index < -0.39 is 5.97 Å². The van der Waals surface area contributed by atoms with Gasteiger partial charge in [0.25, 0.3) is 5.91 Å². The Kier molecular flexibility index (Phi) is 6.44. The van der Waals surface area contributed by atoms with Gasteiger partial charge < -0.3 is 9.64 Å². The molecule has 0 saturated carbocycles. The summed E-state index contributed by atoms with van der Waals surface area (Å²) in [7, 11) is 1.34. The van der Waals surface area contributed by atoms with Gasteiger partial charge in [-0.3, -0.25) is 9.59 Å². The SMILES string of the molecule is COC(=O)CN(C(=O)c1cc(C(C)(C)C)cc(C(C)(C)C)c1)C(C)C. The molecule has 0 aliphatic heterocycles. The van der Waals surface area contributed by atoms with E-state index in [4.69, 9.17) is 4.74 Å². The molecule has 140 valence electrons. The summed E-state index contributed by atoms with van der Waals surface area (Å²) in [4.78, 5) is 26.4. The van der Waals surface area contributed by atoms with Crippen LogP contribution in [0.2, 0.25) is 0 Å². The van der Waals surface area contributed by atoms with Crippen molar-refractivity contribution < 1.29 is 14.3 Å². The first-order chi connectivity index (χ1) is 11.3. The van der Waals surface area contributed by atoms with Gasteiger partial charge in [-0.2, -0.15) is 0 Å². The molecule has 0 unspecified atom stereocenters. The van der Waals surface area contributed by atoms with E-state index in [1.165, 1.54) is 7.11 Å². The van der Waals surface area contributed by atoms with E-state index in [2.05, 4.69) is 47.6 Å². The van der Waals surface area contributed by atoms with Gasteiger partial charge in [-0.1, -0.05) is 47.6 Å². The van der Waals surface area contributed by atoms with Crippen LogP contribution in [0.4, 0.5) is 0 Å². The van der Waals surface area contributed by atoms with E-state index in [-0.39, 0.29) is 29.3 Å². The highest BCUT2D eigenvalue weighted by Gasteiger charge is 2.26. The summed E-state index contributed by atoms with van der Waals surface area (Å²) in [5.74, 6) is -0.554. The van der Waals surface area contributed by atoms with Crippen LogP contribution in [-0.2, 0) is 20.4 Å². The van der Waals surface area contributed by atoms with Crippen LogP contribution < -0.4 is 0 Å². The summed E-state index contributed by atoms with van der Waals surface area (Å²) >= 11 is 0. The van der Waals surface area contributed by atoms with Crippen molar-refractivity contribution in [2.45, 2.75) is 72.3 Å². The predicted molar refractivity (Wildman–Crippen MR) is 102 cm³/mol. The van der Waals surface area contributed by atoms with Crippen LogP contribution in [-0.4, -0.2) is 36.5 Å². The average molecular weight is 347 g/mol. The third-order valence-corrected chi connectivity index (χ3v) is 4.32. The second-order valence-corrected chi connectivity index (χ2v) is 8.90. The first-order valence-electron chi connectivity index (χ1n) is 8.81. The maximum absolute atomic E-state index is 13.1. The Morgan fingerprint density at radius 1 is 0.960 bits per heavy atom. The number of hydrogen-bond acceptors (Lipinski definition) is 3. The first-order valence-corrected chi connectivity index (χ1v) is 8.81. The topological polar surface area (TPSA) is 46.6 Å². The Morgan fingerprint density at radius 3 is 1.72 bits per heavy atom. The maximum Gasteiger partial charge on any atom is 0.325 e. The van der Waals surface area contributed by atoms with E-state index in [0.29, 0.717) is 5.56 Å². The van der Waals surface area contributed by atoms with Crippen molar-refractivity contribution in [3.63, 3.8) is 0 Å². The summed E-state index contributed by atoms with van der Waals surface area (Å²) < 4.78 is 4.74. The molecule has 0 aliphatic rings. The monoisotopic (exact) mass is 347 g/mol. The molecule has 0 aromatic heterocycles. The number of esters is 1. The lowest BCUT2D eigenvalue weighted by molar-refractivity contribution is -0.141. The molecular weight excluding hydrogens is 314 g/mol. The van der Waals surface area contributed by atoms with Gasteiger partial charge in [0, 0.05) is 11.6 Å². The number of hydrogen-bond donors (Lipinski definition) is 0. The maximum atomic E-state index is 13.1. The lowest BCUT2D eigenvalue weighted by Gasteiger charge is -2.29. The van der Waals surface area contributed by atoms with Gasteiger partial charge in [-0.05, 0) is 47.9 Å². The standard InChI is InChI=1S/C21H33NO3/c1-14(2)22(13-18(23)25-9)19(24)15-10-16(20(3,4)5)12-17(11-15)21(6,7)8/h10-12,14H,13H2,1-9H3. The highest BCUT2D eigenvalue weighted by Crippen LogP contribution is 2.30. The lowest BCUT2D eigenvalue weighted by Crippen LogP contribution is -2.41.